The van der Waals surface area contributed by atoms with E-state index in [1.54, 1.807) is 0 Å². The van der Waals surface area contributed by atoms with Gasteiger partial charge in [0.25, 0.3) is 0 Å². The lowest BCUT2D eigenvalue weighted by Gasteiger charge is -2.45. The second-order valence-electron chi connectivity index (χ2n) is 4.96. The van der Waals surface area contributed by atoms with E-state index in [0.29, 0.717) is 17.4 Å². The molecule has 0 amide bonds. The number of hydrogen-bond acceptors (Lipinski definition) is 2. The monoisotopic (exact) mass is 230 g/mol. The third-order valence-corrected chi connectivity index (χ3v) is 5.64. The van der Waals surface area contributed by atoms with Gasteiger partial charge in [-0.1, -0.05) is 6.08 Å². The molecule has 0 aromatic heterocycles. The van der Waals surface area contributed by atoms with Crippen LogP contribution in [0.15, 0.2) is 12.7 Å². The van der Waals surface area contributed by atoms with E-state index in [1.807, 2.05) is 0 Å². The van der Waals surface area contributed by atoms with Crippen LogP contribution in [-0.4, -0.2) is 50.6 Å². The van der Waals surface area contributed by atoms with E-state index >= 15 is 0 Å². The summed E-state index contributed by atoms with van der Waals surface area (Å²) >= 11 is 0. The van der Waals surface area contributed by atoms with Crippen LogP contribution < -0.4 is 0 Å². The molecule has 86 valence electrons. The maximum absolute atomic E-state index is 11.4. The summed E-state index contributed by atoms with van der Waals surface area (Å²) in [6.07, 6.45) is 4.42. The molecule has 0 aliphatic carbocycles. The first-order chi connectivity index (χ1) is 7.05. The van der Waals surface area contributed by atoms with Gasteiger partial charge in [-0.25, -0.2) is 8.42 Å². The summed E-state index contributed by atoms with van der Waals surface area (Å²) in [4.78, 5) is 0. The summed E-state index contributed by atoms with van der Waals surface area (Å²) in [6, 6.07) is 0. The highest BCUT2D eigenvalue weighted by atomic mass is 32.2. The van der Waals surface area contributed by atoms with Gasteiger partial charge < -0.3 is 4.48 Å². The van der Waals surface area contributed by atoms with Crippen molar-refractivity contribution in [2.45, 2.75) is 12.8 Å². The Bertz CT molecular complexity index is 324. The quantitative estimate of drug-likeness (QED) is 0.494. The molecule has 0 aromatic rings. The Morgan fingerprint density at radius 2 is 1.60 bits per heavy atom. The average Bonchev–Trinajstić information content (AvgIpc) is 2.24. The molecule has 2 aliphatic rings. The predicted molar refractivity (Wildman–Crippen MR) is 61.3 cm³/mol. The van der Waals surface area contributed by atoms with Gasteiger partial charge in [-0.15, -0.1) is 6.58 Å². The van der Waals surface area contributed by atoms with E-state index in [2.05, 4.69) is 12.7 Å². The van der Waals surface area contributed by atoms with Crippen molar-refractivity contribution in [2.75, 3.05) is 37.7 Å². The fourth-order valence-electron chi connectivity index (χ4n) is 2.70. The maximum Gasteiger partial charge on any atom is 0.161 e. The van der Waals surface area contributed by atoms with Gasteiger partial charge in [-0.2, -0.15) is 0 Å². The highest BCUT2D eigenvalue weighted by Crippen LogP contribution is 2.26. The van der Waals surface area contributed by atoms with Crippen LogP contribution >= 0.6 is 0 Å². The number of quaternary nitrogens is 1. The van der Waals surface area contributed by atoms with Gasteiger partial charge in [-0.3, -0.25) is 0 Å². The minimum absolute atomic E-state index is 0.395. The SMILES string of the molecule is C=CC1CC[N+]2(CC1)CCS(=O)(=O)CC2. The molecule has 2 heterocycles. The number of rotatable bonds is 1. The molecule has 2 rings (SSSR count). The summed E-state index contributed by atoms with van der Waals surface area (Å²) in [5.74, 6) is 1.45. The van der Waals surface area contributed by atoms with Crippen molar-refractivity contribution in [3.05, 3.63) is 12.7 Å². The van der Waals surface area contributed by atoms with Crippen molar-refractivity contribution in [1.82, 2.24) is 0 Å². The molecule has 0 unspecified atom stereocenters. The van der Waals surface area contributed by atoms with Crippen molar-refractivity contribution >= 4 is 9.84 Å². The first-order valence-electron chi connectivity index (χ1n) is 5.73. The molecule has 0 bridgehead atoms. The van der Waals surface area contributed by atoms with Gasteiger partial charge in [0.15, 0.2) is 9.84 Å². The zero-order chi connectivity index (χ0) is 10.9. The molecule has 0 atom stereocenters. The smallest absolute Gasteiger partial charge is 0.161 e. The number of nitrogens with zero attached hydrogens (tertiary/aromatic N) is 1. The maximum atomic E-state index is 11.4. The first kappa shape index (κ1) is 11.1. The molecule has 0 saturated carbocycles. The molecule has 1 spiro atoms. The zero-order valence-corrected chi connectivity index (χ0v) is 10.0. The summed E-state index contributed by atoms with van der Waals surface area (Å²) in [5, 5.41) is 0. The third-order valence-electron chi connectivity index (χ3n) is 4.04. The number of allylic oxidation sites excluding steroid dienone is 1. The topological polar surface area (TPSA) is 34.1 Å². The molecule has 2 fully saturated rings. The van der Waals surface area contributed by atoms with E-state index in [4.69, 9.17) is 0 Å². The van der Waals surface area contributed by atoms with E-state index in [-0.39, 0.29) is 0 Å². The number of hydrogen-bond donors (Lipinski definition) is 0. The van der Waals surface area contributed by atoms with E-state index in [1.165, 1.54) is 12.8 Å². The van der Waals surface area contributed by atoms with Crippen molar-refractivity contribution in [2.24, 2.45) is 5.92 Å². The second kappa shape index (κ2) is 3.91. The molecule has 2 aliphatic heterocycles. The standard InChI is InChI=1S/C11H20NO2S/c1-2-11-3-5-12(6-4-11)7-9-15(13,14)10-8-12/h2,11H,1,3-10H2/q+1. The van der Waals surface area contributed by atoms with E-state index in [9.17, 15) is 8.42 Å². The van der Waals surface area contributed by atoms with Crippen molar-refractivity contribution in [1.29, 1.82) is 0 Å². The summed E-state index contributed by atoms with van der Waals surface area (Å²) in [7, 11) is -2.71. The Morgan fingerprint density at radius 1 is 1.07 bits per heavy atom. The number of sulfone groups is 1. The van der Waals surface area contributed by atoms with Crippen LogP contribution in [0.1, 0.15) is 12.8 Å². The normalized spacial score (nSPS) is 30.1. The molecule has 15 heavy (non-hydrogen) atoms. The Morgan fingerprint density at radius 3 is 2.07 bits per heavy atom. The van der Waals surface area contributed by atoms with Crippen LogP contribution in [0.4, 0.5) is 0 Å². The average molecular weight is 230 g/mol. The van der Waals surface area contributed by atoms with Crippen LogP contribution in [0.3, 0.4) is 0 Å². The molecular formula is C11H20NO2S+. The molecular weight excluding hydrogens is 210 g/mol. The number of piperidine rings is 1. The molecule has 3 nitrogen and oxygen atoms in total. The lowest BCUT2D eigenvalue weighted by atomic mass is 9.95. The summed E-state index contributed by atoms with van der Waals surface area (Å²) < 4.78 is 23.8. The lowest BCUT2D eigenvalue weighted by molar-refractivity contribution is -0.930. The lowest BCUT2D eigenvalue weighted by Crippen LogP contribution is -2.59. The molecule has 0 radical (unpaired) electrons. The van der Waals surface area contributed by atoms with E-state index in [0.717, 1.165) is 30.7 Å². The Balaban J connectivity index is 1.97. The largest absolute Gasteiger partial charge is 0.322 e. The highest BCUT2D eigenvalue weighted by molar-refractivity contribution is 7.91. The van der Waals surface area contributed by atoms with Crippen LogP contribution in [-0.2, 0) is 9.84 Å². The van der Waals surface area contributed by atoms with Gasteiger partial charge in [0, 0.05) is 12.8 Å². The van der Waals surface area contributed by atoms with Gasteiger partial charge in [0.05, 0.1) is 37.7 Å². The third kappa shape index (κ3) is 2.42. The zero-order valence-electron chi connectivity index (χ0n) is 9.19. The predicted octanol–water partition coefficient (Wildman–Crippen LogP) is 0.828. The van der Waals surface area contributed by atoms with Gasteiger partial charge in [0.2, 0.25) is 0 Å². The second-order valence-corrected chi connectivity index (χ2v) is 7.26. The van der Waals surface area contributed by atoms with Crippen molar-refractivity contribution in [3.63, 3.8) is 0 Å². The van der Waals surface area contributed by atoms with Crippen LogP contribution in [0.5, 0.6) is 0 Å². The Kier molecular flexibility index (Phi) is 2.90. The first-order valence-corrected chi connectivity index (χ1v) is 7.56. The van der Waals surface area contributed by atoms with Crippen molar-refractivity contribution in [3.8, 4) is 0 Å². The fraction of sp³-hybridized carbons (Fsp3) is 0.818. The highest BCUT2D eigenvalue weighted by Gasteiger charge is 2.38. The Labute approximate surface area is 92.3 Å². The van der Waals surface area contributed by atoms with E-state index < -0.39 is 9.84 Å². The van der Waals surface area contributed by atoms with Crippen LogP contribution in [0, 0.1) is 5.92 Å². The van der Waals surface area contributed by atoms with Gasteiger partial charge >= 0.3 is 0 Å². The summed E-state index contributed by atoms with van der Waals surface area (Å²) in [5.41, 5.74) is 0. The van der Waals surface area contributed by atoms with Gasteiger partial charge in [-0.05, 0) is 5.92 Å². The van der Waals surface area contributed by atoms with Crippen molar-refractivity contribution < 1.29 is 12.9 Å². The molecule has 0 N–H and O–H groups in total. The Hall–Kier alpha value is -0.350. The molecule has 4 heteroatoms. The fourth-order valence-corrected chi connectivity index (χ4v) is 4.23. The van der Waals surface area contributed by atoms with Gasteiger partial charge in [0.1, 0.15) is 0 Å². The summed E-state index contributed by atoms with van der Waals surface area (Å²) in [6.45, 7) is 7.81. The molecule has 2 saturated heterocycles. The molecule has 0 aromatic carbocycles. The minimum Gasteiger partial charge on any atom is -0.322 e. The minimum atomic E-state index is -2.71. The van der Waals surface area contributed by atoms with Crippen LogP contribution in [0.2, 0.25) is 0 Å². The van der Waals surface area contributed by atoms with Crippen LogP contribution in [0.25, 0.3) is 0 Å².